The van der Waals surface area contributed by atoms with Gasteiger partial charge >= 0.3 is 0 Å². The number of hydrogen-bond acceptors (Lipinski definition) is 7. The van der Waals surface area contributed by atoms with E-state index in [0.29, 0.717) is 13.1 Å². The van der Waals surface area contributed by atoms with E-state index in [-0.39, 0.29) is 0 Å². The summed E-state index contributed by atoms with van der Waals surface area (Å²) in [5.74, 6) is 0. The molecule has 0 radical (unpaired) electrons. The highest BCUT2D eigenvalue weighted by atomic mass is 14.9. The van der Waals surface area contributed by atoms with Crippen molar-refractivity contribution in [3.05, 3.63) is 0 Å². The summed E-state index contributed by atoms with van der Waals surface area (Å²) in [7, 11) is 0. The summed E-state index contributed by atoms with van der Waals surface area (Å²) in [5, 5.41) is 9.70. The van der Waals surface area contributed by atoms with Crippen molar-refractivity contribution in [3.63, 3.8) is 0 Å². The summed E-state index contributed by atoms with van der Waals surface area (Å²) >= 11 is 0. The van der Waals surface area contributed by atoms with Crippen LogP contribution in [0.15, 0.2) is 0 Å². The monoisotopic (exact) mass is 321 g/mol. The molecular weight excluding hydrogens is 278 g/mol. The van der Waals surface area contributed by atoms with Gasteiger partial charge in [0.2, 0.25) is 0 Å². The Morgan fingerprint density at radius 3 is 1.09 bits per heavy atom. The summed E-state index contributed by atoms with van der Waals surface area (Å²) in [5.41, 5.74) is 21.1. The molecule has 0 saturated heterocycles. The first kappa shape index (κ1) is 26.6. The molecule has 0 amide bonds. The van der Waals surface area contributed by atoms with Crippen molar-refractivity contribution in [2.45, 2.75) is 33.1 Å². The average Bonchev–Trinajstić information content (AvgIpc) is 2.56. The molecule has 0 aromatic heterocycles. The van der Waals surface area contributed by atoms with Crippen LogP contribution >= 0.6 is 0 Å². The second-order valence-electron chi connectivity index (χ2n) is 4.47. The zero-order chi connectivity index (χ0) is 17.3. The van der Waals surface area contributed by atoms with Gasteiger partial charge in [-0.05, 0) is 58.5 Å². The standard InChI is InChI=1S/C9H24N4.C4H13N3.C2H6/c10-4-1-6-12-8-3-9-13-7-2-5-11;5-1-3-7-4-2-6;1-2/h12-13H,1-11H2;7H,1-6H2;1-2H3. The van der Waals surface area contributed by atoms with Crippen molar-refractivity contribution < 1.29 is 0 Å². The Hall–Kier alpha value is -0.280. The van der Waals surface area contributed by atoms with Gasteiger partial charge in [0.25, 0.3) is 0 Å². The van der Waals surface area contributed by atoms with Crippen LogP contribution in [0.2, 0.25) is 0 Å². The molecule has 0 aliphatic rings. The number of hydrogen-bond donors (Lipinski definition) is 7. The Morgan fingerprint density at radius 2 is 0.773 bits per heavy atom. The second kappa shape index (κ2) is 32.6. The summed E-state index contributed by atoms with van der Waals surface area (Å²) in [6.07, 6.45) is 3.32. The fourth-order valence-electron chi connectivity index (χ4n) is 1.37. The molecule has 0 atom stereocenters. The van der Waals surface area contributed by atoms with Gasteiger partial charge in [0, 0.05) is 26.2 Å². The van der Waals surface area contributed by atoms with Gasteiger partial charge in [-0.2, -0.15) is 0 Å². The Morgan fingerprint density at radius 1 is 0.455 bits per heavy atom. The topological polar surface area (TPSA) is 140 Å². The van der Waals surface area contributed by atoms with E-state index >= 15 is 0 Å². The van der Waals surface area contributed by atoms with E-state index in [1.54, 1.807) is 0 Å². The molecule has 0 heterocycles. The fourth-order valence-corrected chi connectivity index (χ4v) is 1.37. The van der Waals surface area contributed by atoms with Crippen LogP contribution in [-0.2, 0) is 0 Å². The summed E-state index contributed by atoms with van der Waals surface area (Å²) in [6, 6.07) is 0. The molecule has 0 aromatic rings. The van der Waals surface area contributed by atoms with Gasteiger partial charge < -0.3 is 38.9 Å². The maximum atomic E-state index is 5.36. The molecule has 7 nitrogen and oxygen atoms in total. The number of nitrogens with one attached hydrogen (secondary N) is 3. The van der Waals surface area contributed by atoms with Crippen LogP contribution in [0.25, 0.3) is 0 Å². The first-order chi connectivity index (χ1) is 10.8. The molecule has 0 saturated carbocycles. The maximum absolute atomic E-state index is 5.36. The van der Waals surface area contributed by atoms with E-state index in [1.807, 2.05) is 13.8 Å². The van der Waals surface area contributed by atoms with E-state index in [0.717, 1.165) is 65.2 Å². The minimum absolute atomic E-state index is 0.694. The molecule has 22 heavy (non-hydrogen) atoms. The molecule has 0 aromatic carbocycles. The quantitative estimate of drug-likeness (QED) is 0.199. The predicted octanol–water partition coefficient (Wildman–Crippen LogP) is -1.23. The summed E-state index contributed by atoms with van der Waals surface area (Å²) in [4.78, 5) is 0. The molecule has 0 aliphatic carbocycles. The van der Waals surface area contributed by atoms with Crippen LogP contribution in [0.3, 0.4) is 0 Å². The van der Waals surface area contributed by atoms with Crippen molar-refractivity contribution in [3.8, 4) is 0 Å². The average molecular weight is 322 g/mol. The molecule has 0 rings (SSSR count). The second-order valence-corrected chi connectivity index (χ2v) is 4.47. The van der Waals surface area contributed by atoms with Crippen molar-refractivity contribution in [1.29, 1.82) is 0 Å². The third-order valence-electron chi connectivity index (χ3n) is 2.46. The Bertz CT molecular complexity index is 134. The van der Waals surface area contributed by atoms with Gasteiger partial charge in [0.1, 0.15) is 0 Å². The molecule has 0 fully saturated rings. The van der Waals surface area contributed by atoms with Crippen molar-refractivity contribution in [2.24, 2.45) is 22.9 Å². The third kappa shape index (κ3) is 36.7. The normalized spacial score (nSPS) is 9.55. The zero-order valence-electron chi connectivity index (χ0n) is 15.0. The van der Waals surface area contributed by atoms with Crippen LogP contribution in [0.5, 0.6) is 0 Å². The van der Waals surface area contributed by atoms with E-state index in [9.17, 15) is 0 Å². The fraction of sp³-hybridized carbons (Fsp3) is 1.00. The molecule has 138 valence electrons. The molecule has 0 aliphatic heterocycles. The molecule has 0 unspecified atom stereocenters. The largest absolute Gasteiger partial charge is 0.330 e. The SMILES string of the molecule is CC.NCCCNCCCNCCCN.NCCNCCN. The Labute approximate surface area is 138 Å². The molecular formula is C15H43N7. The molecule has 0 spiro atoms. The van der Waals surface area contributed by atoms with Crippen molar-refractivity contribution >= 4 is 0 Å². The van der Waals surface area contributed by atoms with Crippen LogP contribution in [0.1, 0.15) is 33.1 Å². The highest BCUT2D eigenvalue weighted by Crippen LogP contribution is 1.76. The number of nitrogens with two attached hydrogens (primary N) is 4. The number of rotatable bonds is 14. The van der Waals surface area contributed by atoms with E-state index in [4.69, 9.17) is 22.9 Å². The Balaban J connectivity index is -0.000000339. The van der Waals surface area contributed by atoms with Gasteiger partial charge in [0.05, 0.1) is 0 Å². The minimum Gasteiger partial charge on any atom is -0.330 e. The van der Waals surface area contributed by atoms with Gasteiger partial charge in [-0.1, -0.05) is 13.8 Å². The van der Waals surface area contributed by atoms with Crippen LogP contribution in [0.4, 0.5) is 0 Å². The van der Waals surface area contributed by atoms with Gasteiger partial charge in [-0.25, -0.2) is 0 Å². The van der Waals surface area contributed by atoms with Crippen molar-refractivity contribution in [1.82, 2.24) is 16.0 Å². The lowest BCUT2D eigenvalue weighted by Gasteiger charge is -2.04. The first-order valence-corrected chi connectivity index (χ1v) is 8.75. The summed E-state index contributed by atoms with van der Waals surface area (Å²) < 4.78 is 0. The van der Waals surface area contributed by atoms with Gasteiger partial charge in [-0.3, -0.25) is 0 Å². The van der Waals surface area contributed by atoms with Crippen LogP contribution in [0, 0.1) is 0 Å². The van der Waals surface area contributed by atoms with Gasteiger partial charge in [0.15, 0.2) is 0 Å². The van der Waals surface area contributed by atoms with E-state index in [1.165, 1.54) is 6.42 Å². The highest BCUT2D eigenvalue weighted by Gasteiger charge is 1.88. The maximum Gasteiger partial charge on any atom is 0.00750 e. The lowest BCUT2D eigenvalue weighted by molar-refractivity contribution is 0.579. The Kier molecular flexibility index (Phi) is 39.4. The van der Waals surface area contributed by atoms with Crippen LogP contribution in [-0.4, -0.2) is 65.4 Å². The lowest BCUT2D eigenvalue weighted by atomic mass is 10.3. The van der Waals surface area contributed by atoms with Crippen LogP contribution < -0.4 is 38.9 Å². The third-order valence-corrected chi connectivity index (χ3v) is 2.46. The predicted molar refractivity (Wildman–Crippen MR) is 100 cm³/mol. The molecule has 0 bridgehead atoms. The molecule has 7 heteroatoms. The highest BCUT2D eigenvalue weighted by molar-refractivity contribution is 4.52. The van der Waals surface area contributed by atoms with Gasteiger partial charge in [-0.15, -0.1) is 0 Å². The van der Waals surface area contributed by atoms with Crippen molar-refractivity contribution in [2.75, 3.05) is 65.4 Å². The minimum atomic E-state index is 0.694. The first-order valence-electron chi connectivity index (χ1n) is 8.75. The zero-order valence-corrected chi connectivity index (χ0v) is 15.0. The lowest BCUT2D eigenvalue weighted by Crippen LogP contribution is -2.27. The van der Waals surface area contributed by atoms with E-state index in [2.05, 4.69) is 16.0 Å². The van der Waals surface area contributed by atoms with E-state index < -0.39 is 0 Å². The summed E-state index contributed by atoms with van der Waals surface area (Å²) in [6.45, 7) is 12.9. The smallest absolute Gasteiger partial charge is 0.00750 e. The molecule has 11 N–H and O–H groups in total.